The van der Waals surface area contributed by atoms with Gasteiger partial charge in [-0.1, -0.05) is 13.5 Å². The Labute approximate surface area is 95.0 Å². The summed E-state index contributed by atoms with van der Waals surface area (Å²) < 4.78 is 0. The SMILES string of the molecule is C=C(C)Nc1scc(C)c1C(=O)CCC. The van der Waals surface area contributed by atoms with Crippen molar-refractivity contribution in [2.75, 3.05) is 5.32 Å². The molecule has 1 N–H and O–H groups in total. The van der Waals surface area contributed by atoms with Gasteiger partial charge < -0.3 is 5.32 Å². The quantitative estimate of drug-likeness (QED) is 0.765. The third kappa shape index (κ3) is 2.93. The maximum absolute atomic E-state index is 11.9. The molecule has 0 amide bonds. The largest absolute Gasteiger partial charge is 0.351 e. The minimum absolute atomic E-state index is 0.222. The van der Waals surface area contributed by atoms with Crippen LogP contribution < -0.4 is 5.32 Å². The third-order valence-corrected chi connectivity index (χ3v) is 3.07. The van der Waals surface area contributed by atoms with Gasteiger partial charge >= 0.3 is 0 Å². The number of thiophene rings is 1. The topological polar surface area (TPSA) is 29.1 Å². The number of aryl methyl sites for hydroxylation is 1. The summed E-state index contributed by atoms with van der Waals surface area (Å²) in [4.78, 5) is 11.9. The van der Waals surface area contributed by atoms with Crippen LogP contribution in [0.1, 0.15) is 42.6 Å². The molecule has 1 rings (SSSR count). The molecule has 1 aromatic rings. The zero-order valence-corrected chi connectivity index (χ0v) is 10.3. The summed E-state index contributed by atoms with van der Waals surface area (Å²) in [6.45, 7) is 9.68. The van der Waals surface area contributed by atoms with Crippen molar-refractivity contribution in [2.24, 2.45) is 0 Å². The van der Waals surface area contributed by atoms with Crippen LogP contribution in [0.3, 0.4) is 0 Å². The molecule has 0 atom stereocenters. The van der Waals surface area contributed by atoms with Crippen LogP contribution in [0.4, 0.5) is 5.00 Å². The van der Waals surface area contributed by atoms with Crippen LogP contribution in [0, 0.1) is 6.92 Å². The summed E-state index contributed by atoms with van der Waals surface area (Å²) in [6, 6.07) is 0. The van der Waals surface area contributed by atoms with E-state index in [1.165, 1.54) is 0 Å². The smallest absolute Gasteiger partial charge is 0.166 e. The van der Waals surface area contributed by atoms with Gasteiger partial charge in [-0.3, -0.25) is 4.79 Å². The fourth-order valence-electron chi connectivity index (χ4n) is 1.43. The van der Waals surface area contributed by atoms with Crippen molar-refractivity contribution < 1.29 is 4.79 Å². The number of allylic oxidation sites excluding steroid dienone is 1. The van der Waals surface area contributed by atoms with E-state index < -0.39 is 0 Å². The number of rotatable bonds is 5. The lowest BCUT2D eigenvalue weighted by Crippen LogP contribution is -2.03. The van der Waals surface area contributed by atoms with Gasteiger partial charge in [-0.2, -0.15) is 0 Å². The molecule has 0 aliphatic heterocycles. The number of hydrogen-bond donors (Lipinski definition) is 1. The van der Waals surface area contributed by atoms with Gasteiger partial charge in [0.2, 0.25) is 0 Å². The Morgan fingerprint density at radius 3 is 2.80 bits per heavy atom. The lowest BCUT2D eigenvalue weighted by Gasteiger charge is -2.06. The number of hydrogen-bond acceptors (Lipinski definition) is 3. The van der Waals surface area contributed by atoms with Gasteiger partial charge in [0, 0.05) is 12.1 Å². The first-order valence-electron chi connectivity index (χ1n) is 5.10. The molecule has 0 aromatic carbocycles. The molecule has 0 saturated carbocycles. The van der Waals surface area contributed by atoms with Crippen LogP contribution in [-0.4, -0.2) is 5.78 Å². The highest BCUT2D eigenvalue weighted by Gasteiger charge is 2.15. The van der Waals surface area contributed by atoms with Crippen LogP contribution in [0.5, 0.6) is 0 Å². The Kier molecular flexibility index (Phi) is 4.09. The lowest BCUT2D eigenvalue weighted by atomic mass is 10.1. The first-order chi connectivity index (χ1) is 7.06. The number of Topliss-reactive ketones (excluding diaryl/α,β-unsaturated/α-hetero) is 1. The Hall–Kier alpha value is -1.09. The van der Waals surface area contributed by atoms with Crippen molar-refractivity contribution in [3.63, 3.8) is 0 Å². The van der Waals surface area contributed by atoms with Crippen LogP contribution in [0.25, 0.3) is 0 Å². The van der Waals surface area contributed by atoms with Crippen molar-refractivity contribution in [3.05, 3.63) is 28.8 Å². The van der Waals surface area contributed by atoms with E-state index in [9.17, 15) is 4.79 Å². The summed E-state index contributed by atoms with van der Waals surface area (Å²) in [5.74, 6) is 0.222. The maximum Gasteiger partial charge on any atom is 0.166 e. The van der Waals surface area contributed by atoms with Gasteiger partial charge in [0.25, 0.3) is 0 Å². The third-order valence-electron chi connectivity index (χ3n) is 2.06. The first-order valence-corrected chi connectivity index (χ1v) is 5.98. The molecular weight excluding hydrogens is 206 g/mol. The van der Waals surface area contributed by atoms with Crippen molar-refractivity contribution in [3.8, 4) is 0 Å². The monoisotopic (exact) mass is 223 g/mol. The van der Waals surface area contributed by atoms with Crippen LogP contribution in [0.15, 0.2) is 17.7 Å². The summed E-state index contributed by atoms with van der Waals surface area (Å²) in [5, 5.41) is 6.07. The van der Waals surface area contributed by atoms with E-state index in [1.807, 2.05) is 26.2 Å². The molecule has 3 heteroatoms. The molecule has 0 aliphatic rings. The summed E-state index contributed by atoms with van der Waals surface area (Å²) in [7, 11) is 0. The second-order valence-electron chi connectivity index (χ2n) is 3.70. The fraction of sp³-hybridized carbons (Fsp3) is 0.417. The second kappa shape index (κ2) is 5.12. The minimum Gasteiger partial charge on any atom is -0.351 e. The Balaban J connectivity index is 2.98. The van der Waals surface area contributed by atoms with E-state index in [1.54, 1.807) is 11.3 Å². The predicted molar refractivity (Wildman–Crippen MR) is 66.7 cm³/mol. The van der Waals surface area contributed by atoms with E-state index in [0.29, 0.717) is 6.42 Å². The van der Waals surface area contributed by atoms with Gasteiger partial charge in [0.1, 0.15) is 5.00 Å². The van der Waals surface area contributed by atoms with Crippen LogP contribution in [-0.2, 0) is 0 Å². The van der Waals surface area contributed by atoms with E-state index in [-0.39, 0.29) is 5.78 Å². The van der Waals surface area contributed by atoms with Crippen molar-refractivity contribution in [1.29, 1.82) is 0 Å². The van der Waals surface area contributed by atoms with Crippen molar-refractivity contribution in [2.45, 2.75) is 33.6 Å². The molecule has 0 bridgehead atoms. The second-order valence-corrected chi connectivity index (χ2v) is 4.58. The van der Waals surface area contributed by atoms with Gasteiger partial charge in [-0.05, 0) is 31.2 Å². The van der Waals surface area contributed by atoms with E-state index in [4.69, 9.17) is 0 Å². The highest BCUT2D eigenvalue weighted by atomic mass is 32.1. The molecule has 0 spiro atoms. The Morgan fingerprint density at radius 2 is 2.27 bits per heavy atom. The standard InChI is InChI=1S/C12H17NOS/c1-5-6-10(14)11-9(4)7-15-12(11)13-8(2)3/h7,13H,2,5-6H2,1,3-4H3. The first kappa shape index (κ1) is 12.0. The molecule has 0 fully saturated rings. The fourth-order valence-corrected chi connectivity index (χ4v) is 2.47. The number of nitrogens with one attached hydrogen (secondary N) is 1. The highest BCUT2D eigenvalue weighted by molar-refractivity contribution is 7.14. The molecule has 82 valence electrons. The number of carbonyl (C=O) groups excluding carboxylic acids is 1. The molecule has 2 nitrogen and oxygen atoms in total. The average Bonchev–Trinajstić information content (AvgIpc) is 2.46. The Bertz CT molecular complexity index is 379. The molecule has 0 saturated heterocycles. The molecule has 0 aliphatic carbocycles. The van der Waals surface area contributed by atoms with Crippen LogP contribution >= 0.6 is 11.3 Å². The van der Waals surface area contributed by atoms with Crippen molar-refractivity contribution in [1.82, 2.24) is 0 Å². The summed E-state index contributed by atoms with van der Waals surface area (Å²) >= 11 is 1.57. The molecule has 15 heavy (non-hydrogen) atoms. The van der Waals surface area contributed by atoms with E-state index in [0.717, 1.165) is 28.2 Å². The van der Waals surface area contributed by atoms with Gasteiger partial charge in [0.15, 0.2) is 5.78 Å². The molecule has 1 heterocycles. The molecule has 1 aromatic heterocycles. The number of carbonyl (C=O) groups is 1. The predicted octanol–water partition coefficient (Wildman–Crippen LogP) is 3.98. The van der Waals surface area contributed by atoms with Crippen molar-refractivity contribution >= 4 is 22.1 Å². The number of anilines is 1. The van der Waals surface area contributed by atoms with Crippen LogP contribution in [0.2, 0.25) is 0 Å². The van der Waals surface area contributed by atoms with E-state index in [2.05, 4.69) is 11.9 Å². The molecular formula is C12H17NOS. The van der Waals surface area contributed by atoms with Gasteiger partial charge in [0.05, 0.1) is 5.56 Å². The summed E-state index contributed by atoms with van der Waals surface area (Å²) in [6.07, 6.45) is 1.50. The highest BCUT2D eigenvalue weighted by Crippen LogP contribution is 2.29. The molecule has 0 unspecified atom stereocenters. The summed E-state index contributed by atoms with van der Waals surface area (Å²) in [5.41, 5.74) is 2.76. The maximum atomic E-state index is 11.9. The van der Waals surface area contributed by atoms with Gasteiger partial charge in [-0.15, -0.1) is 11.3 Å². The lowest BCUT2D eigenvalue weighted by molar-refractivity contribution is 0.0982. The number of ketones is 1. The average molecular weight is 223 g/mol. The Morgan fingerprint density at radius 1 is 1.60 bits per heavy atom. The normalized spacial score (nSPS) is 10.1. The molecule has 0 radical (unpaired) electrons. The minimum atomic E-state index is 0.222. The zero-order valence-electron chi connectivity index (χ0n) is 9.52. The van der Waals surface area contributed by atoms with Gasteiger partial charge in [-0.25, -0.2) is 0 Å². The van der Waals surface area contributed by atoms with E-state index >= 15 is 0 Å². The zero-order chi connectivity index (χ0) is 11.4.